The Morgan fingerprint density at radius 2 is 1.63 bits per heavy atom. The number of nitrogens with zero attached hydrogens (tertiary/aromatic N) is 2. The predicted octanol–water partition coefficient (Wildman–Crippen LogP) is 6.33. The maximum atomic E-state index is 13.7. The highest BCUT2D eigenvalue weighted by molar-refractivity contribution is 5.98. The monoisotopic (exact) mass is 480 g/mol. The first kappa shape index (κ1) is 24.7. The third kappa shape index (κ3) is 6.17. The second-order valence-corrected chi connectivity index (χ2v) is 8.89. The minimum atomic E-state index is -4.48. The Balaban J connectivity index is 1.37. The zero-order valence-corrected chi connectivity index (χ0v) is 19.7. The van der Waals surface area contributed by atoms with Crippen LogP contribution >= 0.6 is 0 Å². The normalized spacial score (nSPS) is 15.1. The van der Waals surface area contributed by atoms with E-state index in [4.69, 9.17) is 4.84 Å². The summed E-state index contributed by atoms with van der Waals surface area (Å²) in [5.74, 6) is 0.396. The van der Waals surface area contributed by atoms with Gasteiger partial charge in [0.1, 0.15) is 12.4 Å². The highest BCUT2D eigenvalue weighted by Gasteiger charge is 2.34. The van der Waals surface area contributed by atoms with Crippen molar-refractivity contribution < 1.29 is 22.8 Å². The fourth-order valence-electron chi connectivity index (χ4n) is 4.11. The molecule has 0 saturated carbocycles. The standard InChI is InChI=1S/C28H27F3N2O2/c1-19(23-11-8-21(9-12-23)15-33-16-25(17-33)20(2)34)32-35-18-22-10-13-26(24-6-4-3-5-7-24)27(14-22)28(29,30)31/h3-14,25H,15-18H2,1-2H3/b32-19+. The number of halogens is 3. The third-order valence-corrected chi connectivity index (χ3v) is 6.22. The van der Waals surface area contributed by atoms with Crippen molar-refractivity contribution in [1.29, 1.82) is 0 Å². The van der Waals surface area contributed by atoms with E-state index in [2.05, 4.69) is 10.1 Å². The molecule has 1 fully saturated rings. The molecule has 3 aromatic carbocycles. The second-order valence-electron chi connectivity index (χ2n) is 8.89. The van der Waals surface area contributed by atoms with Crippen molar-refractivity contribution in [2.24, 2.45) is 11.1 Å². The van der Waals surface area contributed by atoms with Crippen LogP contribution in [0, 0.1) is 5.92 Å². The van der Waals surface area contributed by atoms with E-state index in [1.165, 1.54) is 6.07 Å². The van der Waals surface area contributed by atoms with Gasteiger partial charge in [0.25, 0.3) is 0 Å². The summed E-state index contributed by atoms with van der Waals surface area (Å²) in [6.45, 7) is 5.75. The van der Waals surface area contributed by atoms with E-state index in [9.17, 15) is 18.0 Å². The molecule has 0 unspecified atom stereocenters. The van der Waals surface area contributed by atoms with Gasteiger partial charge in [-0.2, -0.15) is 13.2 Å². The maximum Gasteiger partial charge on any atom is 0.417 e. The lowest BCUT2D eigenvalue weighted by atomic mass is 9.95. The first-order chi connectivity index (χ1) is 16.7. The summed E-state index contributed by atoms with van der Waals surface area (Å²) in [5.41, 5.74) is 2.99. The average molecular weight is 481 g/mol. The number of Topliss-reactive ketones (excluding diaryl/α,β-unsaturated/α-hetero) is 1. The van der Waals surface area contributed by atoms with Crippen LogP contribution in [0.2, 0.25) is 0 Å². The molecule has 3 aromatic rings. The molecule has 7 heteroatoms. The van der Waals surface area contributed by atoms with Gasteiger partial charge in [-0.15, -0.1) is 0 Å². The summed E-state index contributed by atoms with van der Waals surface area (Å²) in [5, 5.41) is 4.10. The van der Waals surface area contributed by atoms with E-state index in [0.717, 1.165) is 36.8 Å². The quantitative estimate of drug-likeness (QED) is 0.279. The van der Waals surface area contributed by atoms with Crippen molar-refractivity contribution >= 4 is 11.5 Å². The van der Waals surface area contributed by atoms with Crippen molar-refractivity contribution in [3.63, 3.8) is 0 Å². The summed E-state index contributed by atoms with van der Waals surface area (Å²) < 4.78 is 41.1. The minimum absolute atomic E-state index is 0.0696. The molecule has 0 N–H and O–H groups in total. The van der Waals surface area contributed by atoms with Gasteiger partial charge in [0.2, 0.25) is 0 Å². The molecule has 0 amide bonds. The Kier molecular flexibility index (Phi) is 7.36. The second kappa shape index (κ2) is 10.4. The first-order valence-corrected chi connectivity index (χ1v) is 11.4. The van der Waals surface area contributed by atoms with Gasteiger partial charge in [-0.25, -0.2) is 0 Å². The van der Waals surface area contributed by atoms with Crippen LogP contribution < -0.4 is 0 Å². The lowest BCUT2D eigenvalue weighted by Gasteiger charge is -2.37. The number of likely N-dealkylation sites (tertiary alicyclic amines) is 1. The van der Waals surface area contributed by atoms with Crippen LogP contribution in [0.25, 0.3) is 11.1 Å². The molecule has 1 aliphatic rings. The number of oxime groups is 1. The molecule has 0 aromatic heterocycles. The molecule has 0 radical (unpaired) electrons. The van der Waals surface area contributed by atoms with Gasteiger partial charge < -0.3 is 4.84 Å². The summed E-state index contributed by atoms with van der Waals surface area (Å²) in [6.07, 6.45) is -4.48. The number of alkyl halides is 3. The summed E-state index contributed by atoms with van der Waals surface area (Å²) in [6, 6.07) is 20.6. The van der Waals surface area contributed by atoms with E-state index < -0.39 is 11.7 Å². The maximum absolute atomic E-state index is 13.7. The van der Waals surface area contributed by atoms with Gasteiger partial charge in [0.05, 0.1) is 11.3 Å². The van der Waals surface area contributed by atoms with Crippen molar-refractivity contribution in [3.8, 4) is 11.1 Å². The fourth-order valence-corrected chi connectivity index (χ4v) is 4.11. The van der Waals surface area contributed by atoms with E-state index >= 15 is 0 Å². The average Bonchev–Trinajstić information content (AvgIpc) is 2.81. The number of ketones is 1. The van der Waals surface area contributed by atoms with E-state index in [1.54, 1.807) is 50.2 Å². The Bertz CT molecular complexity index is 1200. The van der Waals surface area contributed by atoms with Crippen molar-refractivity contribution in [1.82, 2.24) is 4.90 Å². The predicted molar refractivity (Wildman–Crippen MR) is 130 cm³/mol. The van der Waals surface area contributed by atoms with Crippen LogP contribution in [-0.2, 0) is 29.0 Å². The Labute approximate surface area is 203 Å². The Morgan fingerprint density at radius 3 is 2.26 bits per heavy atom. The molecule has 4 rings (SSSR count). The van der Waals surface area contributed by atoms with Gasteiger partial charge in [-0.1, -0.05) is 71.9 Å². The van der Waals surface area contributed by atoms with Gasteiger partial charge in [0, 0.05) is 25.6 Å². The summed E-state index contributed by atoms with van der Waals surface area (Å²) in [4.78, 5) is 19.0. The summed E-state index contributed by atoms with van der Waals surface area (Å²) >= 11 is 0. The van der Waals surface area contributed by atoms with Crippen molar-refractivity contribution in [3.05, 3.63) is 95.1 Å². The summed E-state index contributed by atoms with van der Waals surface area (Å²) in [7, 11) is 0. The molecule has 35 heavy (non-hydrogen) atoms. The Hall–Kier alpha value is -3.45. The largest absolute Gasteiger partial charge is 0.417 e. The number of hydrogen-bond donors (Lipinski definition) is 0. The molecular formula is C28H27F3N2O2. The molecular weight excluding hydrogens is 453 g/mol. The number of carbonyl (C=O) groups excluding carboxylic acids is 1. The van der Waals surface area contributed by atoms with Crippen LogP contribution in [0.3, 0.4) is 0 Å². The number of carbonyl (C=O) groups is 1. The highest BCUT2D eigenvalue weighted by Crippen LogP contribution is 2.37. The number of hydrogen-bond acceptors (Lipinski definition) is 4. The zero-order valence-electron chi connectivity index (χ0n) is 19.7. The van der Waals surface area contributed by atoms with E-state index in [1.807, 2.05) is 24.3 Å². The molecule has 1 saturated heterocycles. The van der Waals surface area contributed by atoms with Gasteiger partial charge >= 0.3 is 6.18 Å². The van der Waals surface area contributed by atoms with Crippen molar-refractivity contribution in [2.45, 2.75) is 33.2 Å². The third-order valence-electron chi connectivity index (χ3n) is 6.22. The smallest absolute Gasteiger partial charge is 0.391 e. The molecule has 0 atom stereocenters. The number of benzene rings is 3. The fraction of sp³-hybridized carbons (Fsp3) is 0.286. The molecule has 0 bridgehead atoms. The van der Waals surface area contributed by atoms with Crippen LogP contribution in [0.1, 0.15) is 36.1 Å². The molecule has 1 aliphatic heterocycles. The SMILES string of the molecule is CC(=O)C1CN(Cc2ccc(/C(C)=N/OCc3ccc(-c4ccccc4)c(C(F)(F)F)c3)cc2)C1. The van der Waals surface area contributed by atoms with Crippen LogP contribution in [0.15, 0.2) is 78.0 Å². The van der Waals surface area contributed by atoms with Gasteiger partial charge in [0.15, 0.2) is 0 Å². The zero-order chi connectivity index (χ0) is 25.0. The minimum Gasteiger partial charge on any atom is -0.391 e. The van der Waals surface area contributed by atoms with Crippen LogP contribution in [-0.4, -0.2) is 29.5 Å². The van der Waals surface area contributed by atoms with Crippen molar-refractivity contribution in [2.75, 3.05) is 13.1 Å². The molecule has 0 aliphatic carbocycles. The van der Waals surface area contributed by atoms with Crippen LogP contribution in [0.4, 0.5) is 13.2 Å². The molecule has 0 spiro atoms. The lowest BCUT2D eigenvalue weighted by Crippen LogP contribution is -2.48. The molecule has 4 nitrogen and oxygen atoms in total. The topological polar surface area (TPSA) is 41.9 Å². The lowest BCUT2D eigenvalue weighted by molar-refractivity contribution is -0.137. The van der Waals surface area contributed by atoms with Gasteiger partial charge in [-0.05, 0) is 47.7 Å². The molecule has 1 heterocycles. The van der Waals surface area contributed by atoms with Crippen LogP contribution in [0.5, 0.6) is 0 Å². The van der Waals surface area contributed by atoms with Gasteiger partial charge in [-0.3, -0.25) is 9.69 Å². The Morgan fingerprint density at radius 1 is 0.971 bits per heavy atom. The van der Waals surface area contributed by atoms with E-state index in [0.29, 0.717) is 16.8 Å². The first-order valence-electron chi connectivity index (χ1n) is 11.4. The number of rotatable bonds is 8. The highest BCUT2D eigenvalue weighted by atomic mass is 19.4. The van der Waals surface area contributed by atoms with E-state index in [-0.39, 0.29) is 23.9 Å². The molecule has 182 valence electrons.